The summed E-state index contributed by atoms with van der Waals surface area (Å²) in [4.78, 5) is 37.4. The summed E-state index contributed by atoms with van der Waals surface area (Å²) in [5.74, 6) is 0.496. The van der Waals surface area contributed by atoms with Crippen LogP contribution in [0.15, 0.2) is 66.7 Å². The summed E-state index contributed by atoms with van der Waals surface area (Å²) in [5.41, 5.74) is 0.986. The van der Waals surface area contributed by atoms with Crippen LogP contribution in [-0.2, 0) is 24.9 Å². The van der Waals surface area contributed by atoms with Gasteiger partial charge in [-0.25, -0.2) is 9.59 Å². The fourth-order valence-corrected chi connectivity index (χ4v) is 6.03. The average molecular weight is 528 g/mol. The minimum atomic E-state index is -1.18. The molecule has 2 aliphatic heterocycles. The van der Waals surface area contributed by atoms with E-state index in [1.165, 1.54) is 0 Å². The maximum Gasteiger partial charge on any atom is 0.350 e. The quantitative estimate of drug-likeness (QED) is 0.220. The van der Waals surface area contributed by atoms with E-state index < -0.39 is 16.6 Å². The van der Waals surface area contributed by atoms with Gasteiger partial charge in [-0.1, -0.05) is 61.7 Å². The second kappa shape index (κ2) is 9.42. The van der Waals surface area contributed by atoms with Gasteiger partial charge in [0, 0.05) is 23.4 Å². The number of anilines is 1. The van der Waals surface area contributed by atoms with Gasteiger partial charge in [-0.2, -0.15) is 4.89 Å². The lowest BCUT2D eigenvalue weighted by atomic mass is 9.73. The molecule has 7 nitrogen and oxygen atoms in total. The molecule has 0 aromatic heterocycles. The predicted octanol–water partition coefficient (Wildman–Crippen LogP) is 6.89. The van der Waals surface area contributed by atoms with Crippen molar-refractivity contribution in [1.29, 1.82) is 0 Å². The number of rotatable bonds is 5. The molecule has 0 bridgehead atoms. The zero-order valence-electron chi connectivity index (χ0n) is 22.5. The number of hydrogen-bond acceptors (Lipinski definition) is 7. The second-order valence-corrected chi connectivity index (χ2v) is 11.7. The second-order valence-electron chi connectivity index (χ2n) is 11.7. The van der Waals surface area contributed by atoms with Crippen LogP contribution >= 0.6 is 0 Å². The van der Waals surface area contributed by atoms with Crippen molar-refractivity contribution in [3.05, 3.63) is 89.0 Å². The lowest BCUT2D eigenvalue weighted by molar-refractivity contribution is -0.327. The summed E-state index contributed by atoms with van der Waals surface area (Å²) in [6.45, 7) is 5.89. The molecular weight excluding hydrogens is 494 g/mol. The third-order valence-electron chi connectivity index (χ3n) is 7.86. The summed E-state index contributed by atoms with van der Waals surface area (Å²) in [6.07, 6.45) is 4.35. The molecule has 1 spiro atoms. The van der Waals surface area contributed by atoms with Crippen LogP contribution in [0, 0.1) is 5.41 Å². The lowest BCUT2D eigenvalue weighted by Gasteiger charge is -2.39. The van der Waals surface area contributed by atoms with Gasteiger partial charge < -0.3 is 14.8 Å². The summed E-state index contributed by atoms with van der Waals surface area (Å²) < 4.78 is 12.7. The van der Waals surface area contributed by atoms with Crippen molar-refractivity contribution in [2.45, 2.75) is 64.1 Å². The number of ether oxygens (including phenoxy) is 2. The Hall–Kier alpha value is -3.84. The van der Waals surface area contributed by atoms with Crippen molar-refractivity contribution in [3.63, 3.8) is 0 Å². The minimum absolute atomic E-state index is 0.350. The highest BCUT2D eigenvalue weighted by Gasteiger charge is 2.54. The van der Waals surface area contributed by atoms with Crippen molar-refractivity contribution < 1.29 is 28.8 Å². The number of para-hydroxylation sites is 1. The Kier molecular flexibility index (Phi) is 6.14. The van der Waals surface area contributed by atoms with Crippen LogP contribution in [0.1, 0.15) is 79.9 Å². The molecule has 0 amide bonds. The van der Waals surface area contributed by atoms with Crippen LogP contribution < -0.4 is 10.1 Å². The van der Waals surface area contributed by atoms with Gasteiger partial charge >= 0.3 is 11.9 Å². The highest BCUT2D eigenvalue weighted by Crippen LogP contribution is 2.58. The molecule has 7 heteroatoms. The predicted molar refractivity (Wildman–Crippen MR) is 146 cm³/mol. The molecule has 3 aromatic rings. The first-order chi connectivity index (χ1) is 18.7. The molecule has 2 heterocycles. The van der Waals surface area contributed by atoms with Crippen LogP contribution in [0.4, 0.5) is 5.69 Å². The Morgan fingerprint density at radius 2 is 1.59 bits per heavy atom. The topological polar surface area (TPSA) is 83.1 Å². The van der Waals surface area contributed by atoms with Crippen molar-refractivity contribution in [2.24, 2.45) is 5.41 Å². The maximum absolute atomic E-state index is 13.4. The average Bonchev–Trinajstić information content (AvgIpc) is 3.23. The highest BCUT2D eigenvalue weighted by molar-refractivity contribution is 5.97. The van der Waals surface area contributed by atoms with E-state index in [4.69, 9.17) is 19.2 Å². The van der Waals surface area contributed by atoms with Gasteiger partial charge in [-0.05, 0) is 57.9 Å². The highest BCUT2D eigenvalue weighted by atomic mass is 17.2. The normalized spacial score (nSPS) is 20.7. The molecule has 1 saturated carbocycles. The molecule has 6 rings (SSSR count). The van der Waals surface area contributed by atoms with Crippen molar-refractivity contribution >= 4 is 17.6 Å². The van der Waals surface area contributed by atoms with E-state index in [-0.39, 0.29) is 11.9 Å². The Bertz CT molecular complexity index is 1430. The largest absolute Gasteiger partial charge is 0.456 e. The van der Waals surface area contributed by atoms with E-state index in [2.05, 4.69) is 5.32 Å². The van der Waals surface area contributed by atoms with E-state index in [9.17, 15) is 9.59 Å². The molecule has 0 radical (unpaired) electrons. The molecule has 1 aliphatic carbocycles. The standard InChI is InChI=1S/C32H33NO6/c1-30(2,3)39-38-29(35)31(18-9-4-10-19-31)20-33-24-15-11-17-26-27(24)32(23-14-7-8-16-25(23)36-26)22-13-6-5-12-21(22)28(34)37-32/h5-8,11-17,33H,4,9-10,18-20H2,1-3H3. The molecule has 0 saturated heterocycles. The number of nitrogens with one attached hydrogen (secondary N) is 1. The van der Waals surface area contributed by atoms with Crippen LogP contribution in [-0.4, -0.2) is 24.1 Å². The smallest absolute Gasteiger partial charge is 0.350 e. The molecular formula is C32H33NO6. The molecule has 1 fully saturated rings. The first-order valence-electron chi connectivity index (χ1n) is 13.6. The van der Waals surface area contributed by atoms with E-state index >= 15 is 0 Å². The van der Waals surface area contributed by atoms with Gasteiger partial charge in [-0.3, -0.25) is 4.89 Å². The van der Waals surface area contributed by atoms with E-state index in [1.54, 1.807) is 6.07 Å². The van der Waals surface area contributed by atoms with Crippen LogP contribution in [0.3, 0.4) is 0 Å². The summed E-state index contributed by atoms with van der Waals surface area (Å²) >= 11 is 0. The van der Waals surface area contributed by atoms with Crippen molar-refractivity contribution in [1.82, 2.24) is 0 Å². The monoisotopic (exact) mass is 527 g/mol. The Labute approximate surface area is 228 Å². The van der Waals surface area contributed by atoms with E-state index in [0.29, 0.717) is 42.0 Å². The molecule has 1 unspecified atom stereocenters. The van der Waals surface area contributed by atoms with E-state index in [1.807, 2.05) is 81.4 Å². The first kappa shape index (κ1) is 25.4. The molecule has 3 aliphatic rings. The van der Waals surface area contributed by atoms with Gasteiger partial charge in [-0.15, -0.1) is 0 Å². The number of carbonyl (C=O) groups excluding carboxylic acids is 2. The summed E-state index contributed by atoms with van der Waals surface area (Å²) in [7, 11) is 0. The molecule has 3 aromatic carbocycles. The van der Waals surface area contributed by atoms with Crippen LogP contribution in [0.5, 0.6) is 11.5 Å². The summed E-state index contributed by atoms with van der Waals surface area (Å²) in [5, 5.41) is 3.56. The maximum atomic E-state index is 13.4. The molecule has 202 valence electrons. The Morgan fingerprint density at radius 1 is 0.897 bits per heavy atom. The lowest BCUT2D eigenvalue weighted by Crippen LogP contribution is -2.42. The van der Waals surface area contributed by atoms with Gasteiger partial charge in [0.25, 0.3) is 0 Å². The Balaban J connectivity index is 1.42. The fourth-order valence-electron chi connectivity index (χ4n) is 6.03. The fraction of sp³-hybridized carbons (Fsp3) is 0.375. The summed E-state index contributed by atoms with van der Waals surface area (Å²) in [6, 6.07) is 20.9. The van der Waals surface area contributed by atoms with E-state index in [0.717, 1.165) is 36.1 Å². The van der Waals surface area contributed by atoms with Gasteiger partial charge in [0.1, 0.15) is 17.1 Å². The zero-order valence-corrected chi connectivity index (χ0v) is 22.5. The van der Waals surface area contributed by atoms with Crippen LogP contribution in [0.2, 0.25) is 0 Å². The number of benzene rings is 3. The number of carbonyl (C=O) groups is 2. The SMILES string of the molecule is CC(C)(C)OOC(=O)C1(CNc2cccc3c2C2(OC(=O)c4ccccc42)c2ccccc2O3)CCCCC1. The number of esters is 1. The minimum Gasteiger partial charge on any atom is -0.456 e. The molecule has 1 atom stereocenters. The van der Waals surface area contributed by atoms with Gasteiger partial charge in [0.15, 0.2) is 5.60 Å². The third-order valence-corrected chi connectivity index (χ3v) is 7.86. The number of hydrogen-bond donors (Lipinski definition) is 1. The van der Waals surface area contributed by atoms with Crippen molar-refractivity contribution in [2.75, 3.05) is 11.9 Å². The van der Waals surface area contributed by atoms with Gasteiger partial charge in [0.05, 0.1) is 16.5 Å². The van der Waals surface area contributed by atoms with Gasteiger partial charge in [0.2, 0.25) is 0 Å². The Morgan fingerprint density at radius 3 is 2.36 bits per heavy atom. The van der Waals surface area contributed by atoms with Crippen molar-refractivity contribution in [3.8, 4) is 11.5 Å². The molecule has 39 heavy (non-hydrogen) atoms. The first-order valence-corrected chi connectivity index (χ1v) is 13.6. The van der Waals surface area contributed by atoms with Crippen LogP contribution in [0.25, 0.3) is 0 Å². The number of fused-ring (bicyclic) bond motifs is 6. The zero-order chi connectivity index (χ0) is 27.3. The third kappa shape index (κ3) is 4.25. The molecule has 1 N–H and O–H groups in total.